The van der Waals surface area contributed by atoms with Gasteiger partial charge in [0.1, 0.15) is 0 Å². The molecule has 0 aromatic rings. The topological polar surface area (TPSA) is 46.3 Å². The van der Waals surface area contributed by atoms with Crippen molar-refractivity contribution in [2.75, 3.05) is 13.1 Å². The second-order valence-corrected chi connectivity index (χ2v) is 4.56. The predicted molar refractivity (Wildman–Crippen MR) is 54.0 cm³/mol. The molecule has 0 aromatic heterocycles. The number of piperidine rings is 1. The standard InChI is InChI=1S/C10H15F5N2O/c1-6-2-3-7(4-16)5-17(6)8(18)9(11,12)10(13,14)15/h6-7H,2-5,16H2,1H3. The summed E-state index contributed by atoms with van der Waals surface area (Å²) in [5.74, 6) is -7.74. The lowest BCUT2D eigenvalue weighted by molar-refractivity contribution is -0.275. The Bertz CT molecular complexity index is 318. The van der Waals surface area contributed by atoms with Gasteiger partial charge in [-0.2, -0.15) is 22.0 Å². The summed E-state index contributed by atoms with van der Waals surface area (Å²) in [5, 5.41) is 0. The number of amides is 1. The fraction of sp³-hybridized carbons (Fsp3) is 0.900. The van der Waals surface area contributed by atoms with Gasteiger partial charge in [-0.15, -0.1) is 0 Å². The van der Waals surface area contributed by atoms with Crippen molar-refractivity contribution in [2.24, 2.45) is 11.7 Å². The van der Waals surface area contributed by atoms with Gasteiger partial charge < -0.3 is 10.6 Å². The molecule has 18 heavy (non-hydrogen) atoms. The maximum Gasteiger partial charge on any atom is 0.463 e. The van der Waals surface area contributed by atoms with Gasteiger partial charge in [-0.1, -0.05) is 0 Å². The number of rotatable bonds is 2. The summed E-state index contributed by atoms with van der Waals surface area (Å²) < 4.78 is 62.3. The molecule has 2 atom stereocenters. The van der Waals surface area contributed by atoms with E-state index in [1.165, 1.54) is 6.92 Å². The van der Waals surface area contributed by atoms with Gasteiger partial charge in [0.2, 0.25) is 0 Å². The molecule has 0 spiro atoms. The van der Waals surface area contributed by atoms with Crippen LogP contribution in [0.2, 0.25) is 0 Å². The molecule has 0 aromatic carbocycles. The van der Waals surface area contributed by atoms with Crippen molar-refractivity contribution in [1.29, 1.82) is 0 Å². The predicted octanol–water partition coefficient (Wildman–Crippen LogP) is 1.77. The van der Waals surface area contributed by atoms with E-state index in [-0.39, 0.29) is 19.0 Å². The molecule has 1 aliphatic heterocycles. The summed E-state index contributed by atoms with van der Waals surface area (Å²) in [7, 11) is 0. The van der Waals surface area contributed by atoms with Crippen LogP contribution in [0.3, 0.4) is 0 Å². The first-order chi connectivity index (χ1) is 8.11. The highest BCUT2D eigenvalue weighted by Gasteiger charge is 2.65. The van der Waals surface area contributed by atoms with Gasteiger partial charge in [-0.05, 0) is 32.2 Å². The van der Waals surface area contributed by atoms with Gasteiger partial charge in [-0.25, -0.2) is 0 Å². The molecule has 0 aliphatic carbocycles. The minimum absolute atomic E-state index is 0.151. The van der Waals surface area contributed by atoms with Crippen molar-refractivity contribution in [3.63, 3.8) is 0 Å². The van der Waals surface area contributed by atoms with E-state index >= 15 is 0 Å². The third kappa shape index (κ3) is 2.73. The number of nitrogens with zero attached hydrogens (tertiary/aromatic N) is 1. The first kappa shape index (κ1) is 15.1. The smallest absolute Gasteiger partial charge is 0.334 e. The Labute approximate surface area is 101 Å². The van der Waals surface area contributed by atoms with Crippen LogP contribution in [-0.4, -0.2) is 42.0 Å². The lowest BCUT2D eigenvalue weighted by Gasteiger charge is -2.39. The number of carbonyl (C=O) groups is 1. The van der Waals surface area contributed by atoms with E-state index in [0.717, 1.165) is 0 Å². The van der Waals surface area contributed by atoms with Crippen molar-refractivity contribution >= 4 is 5.91 Å². The average Bonchev–Trinajstić information content (AvgIpc) is 2.27. The fourth-order valence-corrected chi connectivity index (χ4v) is 1.96. The first-order valence-electron chi connectivity index (χ1n) is 5.57. The highest BCUT2D eigenvalue weighted by Crippen LogP contribution is 2.38. The summed E-state index contributed by atoms with van der Waals surface area (Å²) in [6.45, 7) is 1.47. The lowest BCUT2D eigenvalue weighted by atomic mass is 9.93. The highest BCUT2D eigenvalue weighted by molar-refractivity contribution is 5.84. The maximum absolute atomic E-state index is 13.0. The van der Waals surface area contributed by atoms with E-state index in [0.29, 0.717) is 17.7 Å². The monoisotopic (exact) mass is 274 g/mol. The van der Waals surface area contributed by atoms with Crippen molar-refractivity contribution in [1.82, 2.24) is 4.90 Å². The van der Waals surface area contributed by atoms with Crippen molar-refractivity contribution in [3.8, 4) is 0 Å². The van der Waals surface area contributed by atoms with Crippen LogP contribution in [0.25, 0.3) is 0 Å². The van der Waals surface area contributed by atoms with E-state index in [9.17, 15) is 26.7 Å². The summed E-state index contributed by atoms with van der Waals surface area (Å²) in [6.07, 6.45) is -4.86. The Morgan fingerprint density at radius 1 is 1.28 bits per heavy atom. The lowest BCUT2D eigenvalue weighted by Crippen LogP contribution is -2.57. The van der Waals surface area contributed by atoms with E-state index < -0.39 is 24.0 Å². The van der Waals surface area contributed by atoms with E-state index in [1.54, 1.807) is 0 Å². The molecule has 0 bridgehead atoms. The van der Waals surface area contributed by atoms with Crippen LogP contribution < -0.4 is 5.73 Å². The SMILES string of the molecule is CC1CCC(CN)CN1C(=O)C(F)(F)C(F)(F)F. The highest BCUT2D eigenvalue weighted by atomic mass is 19.4. The Morgan fingerprint density at radius 2 is 1.83 bits per heavy atom. The van der Waals surface area contributed by atoms with Gasteiger partial charge in [0.15, 0.2) is 0 Å². The van der Waals surface area contributed by atoms with Crippen LogP contribution in [0.4, 0.5) is 22.0 Å². The van der Waals surface area contributed by atoms with Crippen LogP contribution >= 0.6 is 0 Å². The molecule has 8 heteroatoms. The number of carbonyl (C=O) groups excluding carboxylic acids is 1. The first-order valence-corrected chi connectivity index (χ1v) is 5.57. The molecular formula is C10H15F5N2O. The zero-order valence-corrected chi connectivity index (χ0v) is 9.81. The number of hydrogen-bond donors (Lipinski definition) is 1. The second-order valence-electron chi connectivity index (χ2n) is 4.56. The van der Waals surface area contributed by atoms with Crippen molar-refractivity contribution in [2.45, 2.75) is 37.9 Å². The van der Waals surface area contributed by atoms with E-state index in [2.05, 4.69) is 0 Å². The summed E-state index contributed by atoms with van der Waals surface area (Å²) in [5.41, 5.74) is 5.36. The molecule has 1 saturated heterocycles. The van der Waals surface area contributed by atoms with Crippen molar-refractivity contribution in [3.05, 3.63) is 0 Å². The van der Waals surface area contributed by atoms with Gasteiger partial charge in [0.25, 0.3) is 0 Å². The third-order valence-electron chi connectivity index (χ3n) is 3.20. The zero-order chi connectivity index (χ0) is 14.1. The molecule has 1 heterocycles. The Hall–Kier alpha value is -0.920. The molecule has 2 N–H and O–H groups in total. The van der Waals surface area contributed by atoms with Crippen LogP contribution in [0.5, 0.6) is 0 Å². The number of alkyl halides is 5. The van der Waals surface area contributed by atoms with E-state index in [4.69, 9.17) is 5.73 Å². The molecule has 0 saturated carbocycles. The van der Waals surface area contributed by atoms with Gasteiger partial charge in [0, 0.05) is 12.6 Å². The Morgan fingerprint density at radius 3 is 2.28 bits per heavy atom. The normalized spacial score (nSPS) is 26.3. The van der Waals surface area contributed by atoms with Crippen LogP contribution in [0.1, 0.15) is 19.8 Å². The van der Waals surface area contributed by atoms with Gasteiger partial charge in [0.05, 0.1) is 0 Å². The van der Waals surface area contributed by atoms with Gasteiger partial charge in [-0.3, -0.25) is 4.79 Å². The Balaban J connectivity index is 2.88. The second kappa shape index (κ2) is 4.99. The number of hydrogen-bond acceptors (Lipinski definition) is 2. The largest absolute Gasteiger partial charge is 0.463 e. The third-order valence-corrected chi connectivity index (χ3v) is 3.20. The van der Waals surface area contributed by atoms with Crippen molar-refractivity contribution < 1.29 is 26.7 Å². The number of halogens is 5. The summed E-state index contributed by atoms with van der Waals surface area (Å²) in [4.78, 5) is 11.9. The number of nitrogens with two attached hydrogens (primary N) is 1. The quantitative estimate of drug-likeness (QED) is 0.780. The minimum atomic E-state index is -5.86. The average molecular weight is 274 g/mol. The van der Waals surface area contributed by atoms with E-state index in [1.807, 2.05) is 0 Å². The minimum Gasteiger partial charge on any atom is -0.334 e. The molecule has 1 aliphatic rings. The molecule has 1 rings (SSSR count). The molecular weight excluding hydrogens is 259 g/mol. The molecule has 2 unspecified atom stereocenters. The Kier molecular flexibility index (Phi) is 4.19. The zero-order valence-electron chi connectivity index (χ0n) is 9.81. The van der Waals surface area contributed by atoms with Crippen LogP contribution in [-0.2, 0) is 4.79 Å². The molecule has 106 valence electrons. The maximum atomic E-state index is 13.0. The summed E-state index contributed by atoms with van der Waals surface area (Å²) in [6, 6.07) is -0.631. The van der Waals surface area contributed by atoms with Crippen LogP contribution in [0.15, 0.2) is 0 Å². The molecule has 3 nitrogen and oxygen atoms in total. The molecule has 1 fully saturated rings. The summed E-state index contributed by atoms with van der Waals surface area (Å²) >= 11 is 0. The fourth-order valence-electron chi connectivity index (χ4n) is 1.96. The van der Waals surface area contributed by atoms with Crippen LogP contribution in [0, 0.1) is 5.92 Å². The molecule has 1 amide bonds. The molecule has 0 radical (unpaired) electrons. The van der Waals surface area contributed by atoms with Gasteiger partial charge >= 0.3 is 18.0 Å². The number of likely N-dealkylation sites (tertiary alicyclic amines) is 1.